The van der Waals surface area contributed by atoms with E-state index in [1.165, 1.54) is 11.8 Å². The van der Waals surface area contributed by atoms with Gasteiger partial charge in [-0.15, -0.1) is 11.8 Å². The van der Waals surface area contributed by atoms with Crippen LogP contribution >= 0.6 is 11.8 Å². The number of carbonyl (C=O) groups is 1. The van der Waals surface area contributed by atoms with Crippen molar-refractivity contribution in [1.29, 1.82) is 0 Å². The summed E-state index contributed by atoms with van der Waals surface area (Å²) < 4.78 is 0. The molecule has 0 aromatic rings. The molecule has 70 valence electrons. The first kappa shape index (κ1) is 11.3. The Hall–Kier alpha value is -0.710. The third-order valence-electron chi connectivity index (χ3n) is 1.18. The van der Waals surface area contributed by atoms with E-state index in [9.17, 15) is 4.79 Å². The van der Waals surface area contributed by atoms with Crippen LogP contribution in [-0.2, 0) is 4.79 Å². The largest absolute Gasteiger partial charge is 0.321 e. The second kappa shape index (κ2) is 5.88. The second-order valence-corrected chi connectivity index (χ2v) is 2.86. The van der Waals surface area contributed by atoms with Gasteiger partial charge < -0.3 is 5.32 Å². The molecule has 1 amide bonds. The Bertz CT molecular complexity index is 181. The smallest absolute Gasteiger partial charge is 0.269 e. The van der Waals surface area contributed by atoms with Gasteiger partial charge in [0.1, 0.15) is 5.71 Å². The fourth-order valence-electron chi connectivity index (χ4n) is 0.574. The van der Waals surface area contributed by atoms with Crippen LogP contribution in [0.25, 0.3) is 0 Å². The molecule has 1 rings (SSSR count). The topological polar surface area (TPSA) is 53.5 Å². The maximum absolute atomic E-state index is 10.9. The fourth-order valence-corrected chi connectivity index (χ4v) is 0.957. The van der Waals surface area contributed by atoms with Gasteiger partial charge in [-0.25, -0.2) is 0 Å². The Labute approximate surface area is 77.2 Å². The van der Waals surface area contributed by atoms with E-state index < -0.39 is 0 Å². The molecule has 1 aliphatic rings. The quantitative estimate of drug-likeness (QED) is 0.640. The lowest BCUT2D eigenvalue weighted by Crippen LogP contribution is -2.48. The van der Waals surface area contributed by atoms with Gasteiger partial charge in [0, 0.05) is 0 Å². The Morgan fingerprint density at radius 2 is 2.08 bits per heavy atom. The summed E-state index contributed by atoms with van der Waals surface area (Å²) in [5.74, 6) is -0.0990. The molecule has 0 radical (unpaired) electrons. The third-order valence-corrected chi connectivity index (χ3v) is 1.87. The van der Waals surface area contributed by atoms with Crippen LogP contribution in [0.15, 0.2) is 5.10 Å². The van der Waals surface area contributed by atoms with E-state index in [2.05, 4.69) is 15.8 Å². The summed E-state index contributed by atoms with van der Waals surface area (Å²) in [6, 6.07) is 0. The van der Waals surface area contributed by atoms with Crippen molar-refractivity contribution in [2.24, 2.45) is 5.10 Å². The number of rotatable bonds is 1. The SMILES string of the molecule is CC.CSC1NN=C(C)C(=O)N1. The average Bonchev–Trinajstić information content (AvgIpc) is 2.13. The van der Waals surface area contributed by atoms with Crippen LogP contribution < -0.4 is 10.7 Å². The summed E-state index contributed by atoms with van der Waals surface area (Å²) in [5, 5.41) is 6.49. The van der Waals surface area contributed by atoms with Crippen molar-refractivity contribution in [3.05, 3.63) is 0 Å². The molecular weight excluding hydrogens is 174 g/mol. The molecular formula is C7H15N3OS. The number of nitrogens with one attached hydrogen (secondary N) is 2. The highest BCUT2D eigenvalue weighted by atomic mass is 32.2. The lowest BCUT2D eigenvalue weighted by Gasteiger charge is -2.20. The summed E-state index contributed by atoms with van der Waals surface area (Å²) in [6.07, 6.45) is 1.90. The molecule has 1 atom stereocenters. The van der Waals surface area contributed by atoms with Crippen molar-refractivity contribution in [2.75, 3.05) is 6.26 Å². The van der Waals surface area contributed by atoms with E-state index >= 15 is 0 Å². The van der Waals surface area contributed by atoms with Crippen molar-refractivity contribution < 1.29 is 4.79 Å². The van der Waals surface area contributed by atoms with Crippen molar-refractivity contribution in [3.8, 4) is 0 Å². The lowest BCUT2D eigenvalue weighted by atomic mass is 10.4. The molecule has 0 aromatic carbocycles. The summed E-state index contributed by atoms with van der Waals surface area (Å²) in [4.78, 5) is 10.9. The van der Waals surface area contributed by atoms with Crippen molar-refractivity contribution in [2.45, 2.75) is 26.3 Å². The molecule has 0 saturated carbocycles. The van der Waals surface area contributed by atoms with Crippen LogP contribution in [0.5, 0.6) is 0 Å². The molecule has 0 fully saturated rings. The highest BCUT2D eigenvalue weighted by Gasteiger charge is 2.16. The molecule has 0 aromatic heterocycles. The minimum atomic E-state index is -0.0990. The highest BCUT2D eigenvalue weighted by molar-refractivity contribution is 7.99. The predicted octanol–water partition coefficient (Wildman–Crippen LogP) is 0.754. The molecule has 0 spiro atoms. The van der Waals surface area contributed by atoms with Gasteiger partial charge in [-0.05, 0) is 13.2 Å². The van der Waals surface area contributed by atoms with Gasteiger partial charge in [-0.1, -0.05) is 13.8 Å². The number of hydrogen-bond donors (Lipinski definition) is 2. The maximum Gasteiger partial charge on any atom is 0.269 e. The van der Waals surface area contributed by atoms with Gasteiger partial charge in [-0.2, -0.15) is 5.10 Å². The Morgan fingerprint density at radius 1 is 1.50 bits per heavy atom. The van der Waals surface area contributed by atoms with Crippen LogP contribution in [0.3, 0.4) is 0 Å². The van der Waals surface area contributed by atoms with E-state index in [1.54, 1.807) is 6.92 Å². The first-order chi connectivity index (χ1) is 5.74. The molecule has 12 heavy (non-hydrogen) atoms. The first-order valence-electron chi connectivity index (χ1n) is 3.87. The van der Waals surface area contributed by atoms with Gasteiger partial charge in [0.2, 0.25) is 0 Å². The van der Waals surface area contributed by atoms with Gasteiger partial charge in [-0.3, -0.25) is 10.2 Å². The molecule has 0 bridgehead atoms. The van der Waals surface area contributed by atoms with Crippen LogP contribution in [0.2, 0.25) is 0 Å². The molecule has 4 nitrogen and oxygen atoms in total. The number of carbonyl (C=O) groups excluding carboxylic acids is 1. The Morgan fingerprint density at radius 3 is 2.50 bits per heavy atom. The third kappa shape index (κ3) is 3.13. The fraction of sp³-hybridized carbons (Fsp3) is 0.714. The molecule has 1 heterocycles. The molecule has 2 N–H and O–H groups in total. The van der Waals surface area contributed by atoms with Crippen molar-refractivity contribution >= 4 is 23.4 Å². The number of amides is 1. The molecule has 1 aliphatic heterocycles. The molecule has 1 unspecified atom stereocenters. The monoisotopic (exact) mass is 189 g/mol. The number of nitrogens with zero attached hydrogens (tertiary/aromatic N) is 1. The van der Waals surface area contributed by atoms with Crippen LogP contribution in [-0.4, -0.2) is 23.4 Å². The second-order valence-electron chi connectivity index (χ2n) is 1.92. The van der Waals surface area contributed by atoms with Gasteiger partial charge in [0.15, 0.2) is 5.50 Å². The summed E-state index contributed by atoms with van der Waals surface area (Å²) >= 11 is 1.50. The van der Waals surface area contributed by atoms with E-state index in [4.69, 9.17) is 0 Å². The number of hydrazone groups is 1. The zero-order valence-corrected chi connectivity index (χ0v) is 8.66. The summed E-state index contributed by atoms with van der Waals surface area (Å²) in [6.45, 7) is 5.67. The predicted molar refractivity (Wildman–Crippen MR) is 53.0 cm³/mol. The summed E-state index contributed by atoms with van der Waals surface area (Å²) in [5.41, 5.74) is 3.17. The van der Waals surface area contributed by atoms with E-state index in [1.807, 2.05) is 20.1 Å². The van der Waals surface area contributed by atoms with Crippen molar-refractivity contribution in [1.82, 2.24) is 10.7 Å². The molecule has 5 heteroatoms. The van der Waals surface area contributed by atoms with E-state index in [0.717, 1.165) is 0 Å². The first-order valence-corrected chi connectivity index (χ1v) is 5.16. The minimum Gasteiger partial charge on any atom is -0.321 e. The van der Waals surface area contributed by atoms with Crippen LogP contribution in [0, 0.1) is 0 Å². The molecule has 0 saturated heterocycles. The Kier molecular flexibility index (Phi) is 5.53. The highest BCUT2D eigenvalue weighted by Crippen LogP contribution is 2.01. The summed E-state index contributed by atoms with van der Waals surface area (Å²) in [7, 11) is 0. The normalized spacial score (nSPS) is 21.2. The zero-order chi connectivity index (χ0) is 9.56. The number of hydrogen-bond acceptors (Lipinski definition) is 4. The van der Waals surface area contributed by atoms with Crippen LogP contribution in [0.4, 0.5) is 0 Å². The van der Waals surface area contributed by atoms with Gasteiger partial charge in [0.25, 0.3) is 5.91 Å². The number of thioether (sulfide) groups is 1. The van der Waals surface area contributed by atoms with Gasteiger partial charge in [0.05, 0.1) is 0 Å². The zero-order valence-electron chi connectivity index (χ0n) is 7.84. The van der Waals surface area contributed by atoms with E-state index in [-0.39, 0.29) is 11.4 Å². The Balaban J connectivity index is 0.000000561. The average molecular weight is 189 g/mol. The van der Waals surface area contributed by atoms with Gasteiger partial charge >= 0.3 is 0 Å². The minimum absolute atomic E-state index is 0.0730. The molecule has 0 aliphatic carbocycles. The van der Waals surface area contributed by atoms with Crippen LogP contribution in [0.1, 0.15) is 20.8 Å². The van der Waals surface area contributed by atoms with Crippen molar-refractivity contribution in [3.63, 3.8) is 0 Å². The lowest BCUT2D eigenvalue weighted by molar-refractivity contribution is -0.115. The maximum atomic E-state index is 10.9. The van der Waals surface area contributed by atoms with E-state index in [0.29, 0.717) is 5.71 Å². The standard InChI is InChI=1S/C5H9N3OS.C2H6/c1-3-4(9)6-5(10-2)8-7-3;1-2/h5,8H,1-2H3,(H,6,9);1-2H3.